The SMILES string of the molecule is OCCCN=c1cc(-c2ccc(Cl)cc2)oc2ccccc12. The van der Waals surface area contributed by atoms with Crippen molar-refractivity contribution in [1.82, 2.24) is 0 Å². The second-order valence-electron chi connectivity index (χ2n) is 4.96. The fourth-order valence-electron chi connectivity index (χ4n) is 2.27. The number of benzene rings is 2. The molecule has 1 N–H and O–H groups in total. The molecule has 112 valence electrons. The average molecular weight is 314 g/mol. The van der Waals surface area contributed by atoms with Gasteiger partial charge in [-0.05, 0) is 42.8 Å². The number of hydrogen-bond donors (Lipinski definition) is 1. The molecule has 3 aromatic rings. The number of hydrogen-bond acceptors (Lipinski definition) is 3. The van der Waals surface area contributed by atoms with E-state index in [0.717, 1.165) is 27.7 Å². The van der Waals surface area contributed by atoms with Gasteiger partial charge in [0.2, 0.25) is 0 Å². The third kappa shape index (κ3) is 3.21. The van der Waals surface area contributed by atoms with Gasteiger partial charge in [-0.25, -0.2) is 0 Å². The van der Waals surface area contributed by atoms with Crippen LogP contribution in [0.2, 0.25) is 5.02 Å². The van der Waals surface area contributed by atoms with Crippen molar-refractivity contribution in [3.05, 3.63) is 65.0 Å². The van der Waals surface area contributed by atoms with E-state index in [-0.39, 0.29) is 6.61 Å². The molecule has 0 aliphatic heterocycles. The Balaban J connectivity index is 2.16. The van der Waals surface area contributed by atoms with E-state index in [1.165, 1.54) is 0 Å². The predicted octanol–water partition coefficient (Wildman–Crippen LogP) is 4.04. The molecule has 3 nitrogen and oxygen atoms in total. The van der Waals surface area contributed by atoms with E-state index in [2.05, 4.69) is 4.99 Å². The molecule has 1 aromatic heterocycles. The largest absolute Gasteiger partial charge is 0.456 e. The number of aliphatic hydroxyl groups excluding tert-OH is 1. The molecule has 3 rings (SSSR count). The number of fused-ring (bicyclic) bond motifs is 1. The van der Waals surface area contributed by atoms with Crippen molar-refractivity contribution in [2.75, 3.05) is 13.2 Å². The van der Waals surface area contributed by atoms with E-state index in [9.17, 15) is 0 Å². The van der Waals surface area contributed by atoms with Gasteiger partial charge in [0, 0.05) is 35.2 Å². The summed E-state index contributed by atoms with van der Waals surface area (Å²) in [6.07, 6.45) is 0.649. The summed E-state index contributed by atoms with van der Waals surface area (Å²) >= 11 is 5.94. The maximum Gasteiger partial charge on any atom is 0.136 e. The number of aliphatic hydroxyl groups is 1. The first kappa shape index (κ1) is 14.8. The maximum absolute atomic E-state index is 8.93. The summed E-state index contributed by atoms with van der Waals surface area (Å²) in [4.78, 5) is 4.58. The topological polar surface area (TPSA) is 45.7 Å². The Morgan fingerprint density at radius 2 is 1.82 bits per heavy atom. The normalized spacial score (nSPS) is 12.0. The van der Waals surface area contributed by atoms with Gasteiger partial charge in [0.05, 0.1) is 5.36 Å². The molecule has 0 aliphatic rings. The maximum atomic E-state index is 8.93. The van der Waals surface area contributed by atoms with Gasteiger partial charge >= 0.3 is 0 Å². The highest BCUT2D eigenvalue weighted by Gasteiger charge is 2.05. The lowest BCUT2D eigenvalue weighted by molar-refractivity contribution is 0.291. The summed E-state index contributed by atoms with van der Waals surface area (Å²) in [5.74, 6) is 0.748. The molecule has 0 saturated carbocycles. The van der Waals surface area contributed by atoms with Crippen molar-refractivity contribution >= 4 is 22.6 Å². The van der Waals surface area contributed by atoms with Gasteiger partial charge in [-0.1, -0.05) is 23.7 Å². The van der Waals surface area contributed by atoms with Gasteiger partial charge in [0.15, 0.2) is 0 Å². The van der Waals surface area contributed by atoms with Gasteiger partial charge in [-0.15, -0.1) is 0 Å². The number of nitrogens with zero attached hydrogens (tertiary/aromatic N) is 1. The molecule has 0 spiro atoms. The lowest BCUT2D eigenvalue weighted by atomic mass is 10.1. The van der Waals surface area contributed by atoms with E-state index >= 15 is 0 Å². The first-order valence-corrected chi connectivity index (χ1v) is 7.56. The molecule has 0 atom stereocenters. The van der Waals surface area contributed by atoms with Crippen LogP contribution in [0, 0.1) is 0 Å². The van der Waals surface area contributed by atoms with Crippen LogP contribution in [0.4, 0.5) is 0 Å². The van der Waals surface area contributed by atoms with Crippen LogP contribution in [-0.2, 0) is 0 Å². The minimum Gasteiger partial charge on any atom is -0.456 e. The van der Waals surface area contributed by atoms with Gasteiger partial charge in [0.1, 0.15) is 11.3 Å². The summed E-state index contributed by atoms with van der Waals surface area (Å²) in [6.45, 7) is 0.729. The lowest BCUT2D eigenvalue weighted by Crippen LogP contribution is -2.05. The molecule has 0 saturated heterocycles. The first-order chi connectivity index (χ1) is 10.8. The van der Waals surface area contributed by atoms with Crippen LogP contribution in [0.1, 0.15) is 6.42 Å². The molecule has 4 heteroatoms. The minimum atomic E-state index is 0.142. The molecule has 1 heterocycles. The molecule has 0 amide bonds. The van der Waals surface area contributed by atoms with Crippen molar-refractivity contribution in [2.24, 2.45) is 4.99 Å². The van der Waals surface area contributed by atoms with Crippen LogP contribution >= 0.6 is 11.6 Å². The van der Waals surface area contributed by atoms with E-state index in [1.807, 2.05) is 54.6 Å². The monoisotopic (exact) mass is 313 g/mol. The van der Waals surface area contributed by atoms with Gasteiger partial charge in [-0.3, -0.25) is 4.99 Å². The van der Waals surface area contributed by atoms with E-state index < -0.39 is 0 Å². The summed E-state index contributed by atoms with van der Waals surface area (Å²) in [5.41, 5.74) is 1.74. The molecule has 22 heavy (non-hydrogen) atoms. The zero-order chi connectivity index (χ0) is 15.4. The Bertz CT molecular complexity index is 838. The third-order valence-corrected chi connectivity index (χ3v) is 3.63. The lowest BCUT2D eigenvalue weighted by Gasteiger charge is -2.05. The van der Waals surface area contributed by atoms with Gasteiger partial charge in [-0.2, -0.15) is 0 Å². The van der Waals surface area contributed by atoms with Gasteiger partial charge < -0.3 is 9.52 Å². The van der Waals surface area contributed by atoms with E-state index in [1.54, 1.807) is 0 Å². The Morgan fingerprint density at radius 3 is 2.59 bits per heavy atom. The molecule has 0 fully saturated rings. The standard InChI is InChI=1S/C18H16ClNO2/c19-14-8-6-13(7-9-14)18-12-16(20-10-3-11-21)15-4-1-2-5-17(15)22-18/h1-2,4-9,12,21H,3,10-11H2. The first-order valence-electron chi connectivity index (χ1n) is 7.18. The smallest absolute Gasteiger partial charge is 0.136 e. The highest BCUT2D eigenvalue weighted by atomic mass is 35.5. The summed E-state index contributed by atoms with van der Waals surface area (Å²) in [5, 5.41) is 11.5. The Morgan fingerprint density at radius 1 is 1.05 bits per heavy atom. The van der Waals surface area contributed by atoms with Crippen LogP contribution in [0.5, 0.6) is 0 Å². The Kier molecular flexibility index (Phi) is 4.56. The van der Waals surface area contributed by atoms with Crippen molar-refractivity contribution in [2.45, 2.75) is 6.42 Å². The van der Waals surface area contributed by atoms with Gasteiger partial charge in [0.25, 0.3) is 0 Å². The minimum absolute atomic E-state index is 0.142. The zero-order valence-corrected chi connectivity index (χ0v) is 12.8. The second-order valence-corrected chi connectivity index (χ2v) is 5.39. The second kappa shape index (κ2) is 6.77. The summed E-state index contributed by atoms with van der Waals surface area (Å²) < 4.78 is 5.98. The molecule has 2 aromatic carbocycles. The molecule has 0 radical (unpaired) electrons. The molecular weight excluding hydrogens is 298 g/mol. The van der Waals surface area contributed by atoms with E-state index in [4.69, 9.17) is 21.1 Å². The fourth-order valence-corrected chi connectivity index (χ4v) is 2.40. The van der Waals surface area contributed by atoms with Crippen LogP contribution in [-0.4, -0.2) is 18.3 Å². The number of halogens is 1. The Labute approximate surface area is 133 Å². The van der Waals surface area contributed by atoms with Crippen molar-refractivity contribution in [3.63, 3.8) is 0 Å². The quantitative estimate of drug-likeness (QED) is 0.739. The average Bonchev–Trinajstić information content (AvgIpc) is 2.55. The molecule has 0 unspecified atom stereocenters. The van der Waals surface area contributed by atoms with Crippen LogP contribution in [0.15, 0.2) is 64.0 Å². The highest BCUT2D eigenvalue weighted by Crippen LogP contribution is 2.23. The third-order valence-electron chi connectivity index (χ3n) is 3.38. The van der Waals surface area contributed by atoms with Crippen LogP contribution < -0.4 is 5.36 Å². The fraction of sp³-hybridized carbons (Fsp3) is 0.167. The Hall–Kier alpha value is -2.10. The van der Waals surface area contributed by atoms with Crippen molar-refractivity contribution in [3.8, 4) is 11.3 Å². The molecular formula is C18H16ClNO2. The van der Waals surface area contributed by atoms with Crippen LogP contribution in [0.3, 0.4) is 0 Å². The number of para-hydroxylation sites is 1. The van der Waals surface area contributed by atoms with Crippen molar-refractivity contribution in [1.29, 1.82) is 0 Å². The highest BCUT2D eigenvalue weighted by molar-refractivity contribution is 6.30. The number of rotatable bonds is 4. The van der Waals surface area contributed by atoms with Crippen molar-refractivity contribution < 1.29 is 9.52 Å². The molecule has 0 bridgehead atoms. The van der Waals surface area contributed by atoms with E-state index in [0.29, 0.717) is 18.0 Å². The van der Waals surface area contributed by atoms with Crippen LogP contribution in [0.25, 0.3) is 22.3 Å². The predicted molar refractivity (Wildman–Crippen MR) is 88.8 cm³/mol. The zero-order valence-electron chi connectivity index (χ0n) is 12.0. The summed E-state index contributed by atoms with van der Waals surface area (Å²) in [6, 6.07) is 17.3. The summed E-state index contributed by atoms with van der Waals surface area (Å²) in [7, 11) is 0. The molecule has 0 aliphatic carbocycles.